The second-order valence-corrected chi connectivity index (χ2v) is 14.8. The van der Waals surface area contributed by atoms with Crippen LogP contribution in [0.3, 0.4) is 0 Å². The summed E-state index contributed by atoms with van der Waals surface area (Å²) < 4.78 is 4.68. The Morgan fingerprint density at radius 3 is 1.13 bits per heavy atom. The van der Waals surface area contributed by atoms with Crippen molar-refractivity contribution in [2.45, 2.75) is 13.8 Å². The molecule has 0 spiro atoms. The molecule has 61 heavy (non-hydrogen) atoms. The van der Waals surface area contributed by atoms with Gasteiger partial charge in [-0.3, -0.25) is 0 Å². The lowest BCUT2D eigenvalue weighted by atomic mass is 10.0. The number of rotatable bonds is 6. The predicted octanol–water partition coefficient (Wildman–Crippen LogP) is 15.4. The van der Waals surface area contributed by atoms with Crippen LogP contribution in [0.25, 0.3) is 77.2 Å². The largest absolute Gasteiger partial charge is 0.508 e. The maximum atomic E-state index is 9.56. The molecule has 0 aliphatic carbocycles. The van der Waals surface area contributed by atoms with E-state index in [1.165, 1.54) is 77.2 Å². The topological polar surface area (TPSA) is 33.3 Å². The van der Waals surface area contributed by atoms with E-state index >= 15 is 0 Å². The third-order valence-electron chi connectivity index (χ3n) is 11.3. The first-order valence-electron chi connectivity index (χ1n) is 21.0. The normalized spacial score (nSPS) is 10.9. The van der Waals surface area contributed by atoms with E-state index in [0.29, 0.717) is 0 Å². The summed E-state index contributed by atoms with van der Waals surface area (Å²) in [7, 11) is 2.03. The molecule has 0 bridgehead atoms. The Bertz CT molecular complexity index is 3200. The van der Waals surface area contributed by atoms with E-state index in [-0.39, 0.29) is 5.75 Å². The van der Waals surface area contributed by atoms with Crippen molar-refractivity contribution in [2.75, 3.05) is 11.9 Å². The summed E-state index contributed by atoms with van der Waals surface area (Å²) in [5.74, 6) is 0.275. The molecular weight excluding hydrogens is 743 g/mol. The molecule has 11 rings (SSSR count). The average molecular weight is 790 g/mol. The predicted molar refractivity (Wildman–Crippen MR) is 260 cm³/mol. The molecule has 0 amide bonds. The van der Waals surface area contributed by atoms with E-state index in [1.54, 1.807) is 12.1 Å². The van der Waals surface area contributed by atoms with Crippen molar-refractivity contribution in [2.24, 2.45) is 0 Å². The van der Waals surface area contributed by atoms with E-state index in [2.05, 4.69) is 214 Å². The number of nitrogens with zero attached hydrogens (tertiary/aromatic N) is 3. The van der Waals surface area contributed by atoms with Crippen LogP contribution in [0.5, 0.6) is 5.75 Å². The quantitative estimate of drug-likeness (QED) is 0.182. The van der Waals surface area contributed by atoms with Crippen molar-refractivity contribution in [3.8, 4) is 39.4 Å². The Balaban J connectivity index is 0.000000156. The Morgan fingerprint density at radius 1 is 0.328 bits per heavy atom. The Labute approximate surface area is 357 Å². The number of fused-ring (bicyclic) bond motifs is 6. The van der Waals surface area contributed by atoms with Gasteiger partial charge in [0.25, 0.3) is 0 Å². The number of phenols is 1. The fraction of sp³-hybridized carbons (Fsp3) is 0.0526. The van der Waals surface area contributed by atoms with Crippen molar-refractivity contribution in [1.29, 1.82) is 0 Å². The highest BCUT2D eigenvalue weighted by Gasteiger charge is 2.15. The van der Waals surface area contributed by atoms with Gasteiger partial charge in [0, 0.05) is 51.3 Å². The summed E-state index contributed by atoms with van der Waals surface area (Å²) >= 11 is 0. The number of anilines is 2. The van der Waals surface area contributed by atoms with Crippen LogP contribution in [0.1, 0.15) is 13.8 Å². The second kappa shape index (κ2) is 17.2. The van der Waals surface area contributed by atoms with Crippen LogP contribution in [-0.2, 0) is 0 Å². The van der Waals surface area contributed by atoms with E-state index < -0.39 is 0 Å². The fourth-order valence-corrected chi connectivity index (χ4v) is 8.35. The molecule has 4 nitrogen and oxygen atoms in total. The van der Waals surface area contributed by atoms with Crippen LogP contribution < -0.4 is 4.90 Å². The van der Waals surface area contributed by atoms with Crippen LogP contribution in [0.2, 0.25) is 0 Å². The standard InChI is InChI=1S/C31H24N2O.C24H17N.C2H6/c1-32(25-16-18-27(34)19-17-25)24-14-11-22(12-15-24)23-13-20-31-29(21-23)28-9-5-6-10-30(28)33(31)26-7-3-2-4-8-26;1-3-9-18(10-4-1)19-15-16-24-22(17-19)21-13-7-8-14-23(21)25(24)20-11-5-2-6-12-20;1-2/h2-21,34H,1H3;1-17H;1-2H3. The zero-order valence-electron chi connectivity index (χ0n) is 34.7. The maximum absolute atomic E-state index is 9.56. The molecule has 4 heteroatoms. The summed E-state index contributed by atoms with van der Waals surface area (Å²) in [6.07, 6.45) is 0. The summed E-state index contributed by atoms with van der Waals surface area (Å²) in [6, 6.07) is 78.3. The molecule has 0 radical (unpaired) electrons. The molecule has 0 saturated carbocycles. The monoisotopic (exact) mass is 789 g/mol. The summed E-state index contributed by atoms with van der Waals surface area (Å²) in [4.78, 5) is 2.11. The van der Waals surface area contributed by atoms with E-state index in [1.807, 2.05) is 33.0 Å². The van der Waals surface area contributed by atoms with Crippen molar-refractivity contribution in [3.05, 3.63) is 224 Å². The number of benzene rings is 9. The molecule has 0 aliphatic heterocycles. The Morgan fingerprint density at radius 2 is 0.672 bits per heavy atom. The van der Waals surface area contributed by atoms with Crippen molar-refractivity contribution < 1.29 is 5.11 Å². The van der Waals surface area contributed by atoms with Gasteiger partial charge >= 0.3 is 0 Å². The van der Waals surface area contributed by atoms with E-state index in [9.17, 15) is 5.11 Å². The van der Waals surface area contributed by atoms with Gasteiger partial charge in [-0.2, -0.15) is 0 Å². The lowest BCUT2D eigenvalue weighted by molar-refractivity contribution is 0.475. The van der Waals surface area contributed by atoms with Crippen molar-refractivity contribution in [1.82, 2.24) is 9.13 Å². The highest BCUT2D eigenvalue weighted by molar-refractivity contribution is 6.11. The van der Waals surface area contributed by atoms with Gasteiger partial charge in [0.15, 0.2) is 0 Å². The van der Waals surface area contributed by atoms with Gasteiger partial charge in [0.1, 0.15) is 5.75 Å². The van der Waals surface area contributed by atoms with Crippen LogP contribution in [0, 0.1) is 0 Å². The van der Waals surface area contributed by atoms with Crippen molar-refractivity contribution >= 4 is 55.0 Å². The summed E-state index contributed by atoms with van der Waals surface area (Å²) in [5.41, 5.74) is 14.3. The van der Waals surface area contributed by atoms with Gasteiger partial charge in [-0.1, -0.05) is 141 Å². The minimum Gasteiger partial charge on any atom is -0.508 e. The minimum atomic E-state index is 0.275. The number of aromatic nitrogens is 2. The fourth-order valence-electron chi connectivity index (χ4n) is 8.35. The van der Waals surface area contributed by atoms with E-state index in [0.717, 1.165) is 11.4 Å². The molecule has 9 aromatic carbocycles. The number of hydrogen-bond acceptors (Lipinski definition) is 2. The smallest absolute Gasteiger partial charge is 0.115 e. The molecule has 0 saturated heterocycles. The molecule has 1 N–H and O–H groups in total. The van der Waals surface area contributed by atoms with E-state index in [4.69, 9.17) is 0 Å². The van der Waals surface area contributed by atoms with Gasteiger partial charge in [-0.15, -0.1) is 0 Å². The number of para-hydroxylation sites is 4. The Hall–Kier alpha value is -7.82. The first-order valence-corrected chi connectivity index (χ1v) is 21.0. The SMILES string of the molecule is CC.CN(c1ccc(O)cc1)c1ccc(-c2ccc3c(c2)c2ccccc2n3-c2ccccc2)cc1.c1ccc(-c2ccc3c(c2)c2ccccc2n3-c2ccccc2)cc1. The third kappa shape index (κ3) is 7.52. The Kier molecular flexibility index (Phi) is 10.9. The number of aromatic hydroxyl groups is 1. The van der Waals surface area contributed by atoms with Gasteiger partial charge in [-0.25, -0.2) is 0 Å². The highest BCUT2D eigenvalue weighted by Crippen LogP contribution is 2.37. The molecule has 2 heterocycles. The zero-order chi connectivity index (χ0) is 41.7. The molecule has 0 aliphatic rings. The van der Waals surface area contributed by atoms with Crippen LogP contribution in [-0.4, -0.2) is 21.3 Å². The molecule has 0 atom stereocenters. The lowest BCUT2D eigenvalue weighted by Crippen LogP contribution is -2.08. The van der Waals surface area contributed by atoms with Gasteiger partial charge in [0.05, 0.1) is 22.1 Å². The van der Waals surface area contributed by atoms with Crippen molar-refractivity contribution in [3.63, 3.8) is 0 Å². The molecule has 296 valence electrons. The van der Waals surface area contributed by atoms with Gasteiger partial charge < -0.3 is 19.1 Å². The van der Waals surface area contributed by atoms with Crippen LogP contribution in [0.15, 0.2) is 224 Å². The second-order valence-electron chi connectivity index (χ2n) is 14.8. The van der Waals surface area contributed by atoms with Crippen LogP contribution >= 0.6 is 0 Å². The summed E-state index contributed by atoms with van der Waals surface area (Å²) in [5, 5.41) is 14.7. The lowest BCUT2D eigenvalue weighted by Gasteiger charge is -2.20. The van der Waals surface area contributed by atoms with Crippen LogP contribution in [0.4, 0.5) is 11.4 Å². The molecule has 11 aromatic rings. The average Bonchev–Trinajstić information content (AvgIpc) is 3.85. The first-order chi connectivity index (χ1) is 30.1. The number of phenolic OH excluding ortho intramolecular Hbond substituents is 1. The molecular formula is C57H47N3O. The zero-order valence-corrected chi connectivity index (χ0v) is 34.7. The van der Waals surface area contributed by atoms with Gasteiger partial charge in [0.2, 0.25) is 0 Å². The molecule has 0 fully saturated rings. The maximum Gasteiger partial charge on any atom is 0.115 e. The third-order valence-corrected chi connectivity index (χ3v) is 11.3. The molecule has 2 aromatic heterocycles. The van der Waals surface area contributed by atoms with Gasteiger partial charge in [-0.05, 0) is 119 Å². The highest BCUT2D eigenvalue weighted by atomic mass is 16.3. The number of hydrogen-bond donors (Lipinski definition) is 1. The first kappa shape index (κ1) is 38.7. The minimum absolute atomic E-state index is 0.275. The summed E-state index contributed by atoms with van der Waals surface area (Å²) in [6.45, 7) is 4.00. The molecule has 0 unspecified atom stereocenters.